The Morgan fingerprint density at radius 3 is 2.79 bits per heavy atom. The molecule has 0 bridgehead atoms. The van der Waals surface area contributed by atoms with Gasteiger partial charge in [0.15, 0.2) is 0 Å². The highest BCUT2D eigenvalue weighted by Crippen LogP contribution is 2.21. The molecule has 0 spiro atoms. The fourth-order valence-electron chi connectivity index (χ4n) is 2.68. The topological polar surface area (TPSA) is 61.6 Å². The molecule has 0 aromatic carbocycles. The first kappa shape index (κ1) is 16.4. The average molecular weight is 271 g/mol. The largest absolute Gasteiger partial charge is 0.465 e. The van der Waals surface area contributed by atoms with E-state index in [0.717, 1.165) is 25.9 Å². The first-order valence-electron chi connectivity index (χ1n) is 7.48. The lowest BCUT2D eigenvalue weighted by Gasteiger charge is -2.27. The van der Waals surface area contributed by atoms with Crippen molar-refractivity contribution in [1.82, 2.24) is 0 Å². The molecule has 2 N–H and O–H groups in total. The van der Waals surface area contributed by atoms with Crippen LogP contribution >= 0.6 is 0 Å². The van der Waals surface area contributed by atoms with E-state index in [1.807, 2.05) is 0 Å². The van der Waals surface area contributed by atoms with Gasteiger partial charge in [-0.15, -0.1) is 0 Å². The number of nitrogens with two attached hydrogens (primary N) is 1. The Morgan fingerprint density at radius 2 is 2.21 bits per heavy atom. The van der Waals surface area contributed by atoms with Gasteiger partial charge in [0.2, 0.25) is 0 Å². The number of ether oxygens (including phenoxy) is 2. The van der Waals surface area contributed by atoms with Gasteiger partial charge in [-0.2, -0.15) is 0 Å². The van der Waals surface area contributed by atoms with Gasteiger partial charge in [-0.1, -0.05) is 13.8 Å². The van der Waals surface area contributed by atoms with Crippen molar-refractivity contribution in [3.63, 3.8) is 0 Å². The van der Waals surface area contributed by atoms with Gasteiger partial charge in [0.1, 0.15) is 0 Å². The van der Waals surface area contributed by atoms with E-state index in [-0.39, 0.29) is 18.0 Å². The lowest BCUT2D eigenvalue weighted by Crippen LogP contribution is -2.28. The van der Waals surface area contributed by atoms with Crippen LogP contribution in [0.15, 0.2) is 0 Å². The Morgan fingerprint density at radius 1 is 1.47 bits per heavy atom. The summed E-state index contributed by atoms with van der Waals surface area (Å²) < 4.78 is 10.9. The molecule has 1 heterocycles. The Balaban J connectivity index is 2.22. The van der Waals surface area contributed by atoms with Gasteiger partial charge in [0.05, 0.1) is 12.7 Å². The number of hydrogen-bond donors (Lipinski definition) is 1. The molecule has 0 amide bonds. The van der Waals surface area contributed by atoms with Crippen LogP contribution in [0.4, 0.5) is 0 Å². The van der Waals surface area contributed by atoms with Crippen molar-refractivity contribution in [2.24, 2.45) is 23.5 Å². The molecule has 0 aromatic rings. The van der Waals surface area contributed by atoms with E-state index in [2.05, 4.69) is 20.8 Å². The number of carbonyl (C=O) groups is 1. The molecule has 4 heteroatoms. The van der Waals surface area contributed by atoms with E-state index in [1.165, 1.54) is 0 Å². The van der Waals surface area contributed by atoms with Crippen molar-refractivity contribution in [3.05, 3.63) is 0 Å². The number of carbonyl (C=O) groups excluding carboxylic acids is 1. The number of hydrogen-bond acceptors (Lipinski definition) is 4. The van der Waals surface area contributed by atoms with Crippen molar-refractivity contribution >= 4 is 5.97 Å². The minimum absolute atomic E-state index is 0.102. The van der Waals surface area contributed by atoms with Crippen LogP contribution in [0.25, 0.3) is 0 Å². The normalized spacial score (nSPS) is 25.3. The zero-order valence-corrected chi connectivity index (χ0v) is 12.6. The maximum atomic E-state index is 11.8. The van der Waals surface area contributed by atoms with E-state index in [4.69, 9.17) is 15.2 Å². The molecule has 0 saturated carbocycles. The molecule has 1 saturated heterocycles. The molecule has 4 nitrogen and oxygen atoms in total. The molecule has 0 aromatic heterocycles. The van der Waals surface area contributed by atoms with Crippen LogP contribution in [0.1, 0.15) is 46.5 Å². The average Bonchev–Trinajstić information content (AvgIpc) is 2.35. The van der Waals surface area contributed by atoms with E-state index in [1.54, 1.807) is 0 Å². The van der Waals surface area contributed by atoms with Crippen LogP contribution in [0.5, 0.6) is 0 Å². The monoisotopic (exact) mass is 271 g/mol. The highest BCUT2D eigenvalue weighted by Gasteiger charge is 2.21. The van der Waals surface area contributed by atoms with Crippen LogP contribution in [0.3, 0.4) is 0 Å². The maximum absolute atomic E-state index is 11.8. The summed E-state index contributed by atoms with van der Waals surface area (Å²) in [6.45, 7) is 8.24. The molecule has 0 radical (unpaired) electrons. The highest BCUT2D eigenvalue weighted by molar-refractivity contribution is 5.69. The summed E-state index contributed by atoms with van der Waals surface area (Å²) in [5.41, 5.74) is 5.70. The summed E-state index contributed by atoms with van der Waals surface area (Å²) in [4.78, 5) is 11.8. The summed E-state index contributed by atoms with van der Waals surface area (Å²) >= 11 is 0. The smallest absolute Gasteiger partial charge is 0.306 e. The number of rotatable bonds is 7. The zero-order chi connectivity index (χ0) is 14.3. The van der Waals surface area contributed by atoms with E-state index in [9.17, 15) is 4.79 Å². The second-order valence-electron chi connectivity index (χ2n) is 6.19. The molecule has 19 heavy (non-hydrogen) atoms. The molecule has 1 fully saturated rings. The van der Waals surface area contributed by atoms with Crippen molar-refractivity contribution in [2.75, 3.05) is 19.8 Å². The molecular formula is C15H29NO3. The third kappa shape index (κ3) is 6.92. The van der Waals surface area contributed by atoms with Gasteiger partial charge in [-0.05, 0) is 50.5 Å². The Hall–Kier alpha value is -0.610. The second kappa shape index (κ2) is 8.54. The quantitative estimate of drug-likeness (QED) is 0.722. The molecule has 3 atom stereocenters. The minimum Gasteiger partial charge on any atom is -0.465 e. The van der Waals surface area contributed by atoms with Gasteiger partial charge in [-0.25, -0.2) is 0 Å². The predicted octanol–water partition coefficient (Wildman–Crippen LogP) is 2.36. The fourth-order valence-corrected chi connectivity index (χ4v) is 2.68. The minimum atomic E-state index is -0.102. The third-order valence-electron chi connectivity index (χ3n) is 3.67. The Labute approximate surface area is 117 Å². The maximum Gasteiger partial charge on any atom is 0.306 e. The zero-order valence-electron chi connectivity index (χ0n) is 12.6. The summed E-state index contributed by atoms with van der Waals surface area (Å²) in [6.07, 6.45) is 3.70. The summed E-state index contributed by atoms with van der Waals surface area (Å²) in [5.74, 6) is 1.17. The van der Waals surface area contributed by atoms with Crippen molar-refractivity contribution in [3.8, 4) is 0 Å². The highest BCUT2D eigenvalue weighted by atomic mass is 16.5. The standard InChI is InChI=1S/C15H29NO3/c1-11(2)6-14(9-16)8-15(17)19-10-13-4-5-18-12(3)7-13/h11-14H,4-10,16H2,1-3H3/t12-,13-,14+/m1/s1. The van der Waals surface area contributed by atoms with Gasteiger partial charge in [0, 0.05) is 13.0 Å². The van der Waals surface area contributed by atoms with Crippen LogP contribution in [-0.4, -0.2) is 31.8 Å². The molecule has 1 aliphatic rings. The summed E-state index contributed by atoms with van der Waals surface area (Å²) in [7, 11) is 0. The number of esters is 1. The Kier molecular flexibility index (Phi) is 7.39. The van der Waals surface area contributed by atoms with Gasteiger partial charge >= 0.3 is 5.97 Å². The first-order chi connectivity index (χ1) is 9.01. The molecule has 1 rings (SSSR count). The van der Waals surface area contributed by atoms with E-state index >= 15 is 0 Å². The van der Waals surface area contributed by atoms with Gasteiger partial charge in [0.25, 0.3) is 0 Å². The molecule has 1 aliphatic heterocycles. The predicted molar refractivity (Wildman–Crippen MR) is 75.7 cm³/mol. The second-order valence-corrected chi connectivity index (χ2v) is 6.19. The van der Waals surface area contributed by atoms with Crippen LogP contribution in [0, 0.1) is 17.8 Å². The fraction of sp³-hybridized carbons (Fsp3) is 0.933. The third-order valence-corrected chi connectivity index (χ3v) is 3.67. The molecular weight excluding hydrogens is 242 g/mol. The summed E-state index contributed by atoms with van der Waals surface area (Å²) in [5, 5.41) is 0. The lowest BCUT2D eigenvalue weighted by atomic mass is 9.94. The molecule has 0 unspecified atom stereocenters. The molecule has 0 aliphatic carbocycles. The molecule has 112 valence electrons. The first-order valence-corrected chi connectivity index (χ1v) is 7.48. The van der Waals surface area contributed by atoms with Crippen LogP contribution in [0.2, 0.25) is 0 Å². The van der Waals surface area contributed by atoms with E-state index < -0.39 is 0 Å². The van der Waals surface area contributed by atoms with Crippen molar-refractivity contribution in [2.45, 2.75) is 52.6 Å². The van der Waals surface area contributed by atoms with E-state index in [0.29, 0.717) is 31.4 Å². The van der Waals surface area contributed by atoms with Gasteiger partial charge < -0.3 is 15.2 Å². The van der Waals surface area contributed by atoms with Gasteiger partial charge in [-0.3, -0.25) is 4.79 Å². The van der Waals surface area contributed by atoms with Crippen molar-refractivity contribution < 1.29 is 14.3 Å². The Bertz CT molecular complexity index is 268. The van der Waals surface area contributed by atoms with Crippen LogP contribution in [-0.2, 0) is 14.3 Å². The summed E-state index contributed by atoms with van der Waals surface area (Å²) in [6, 6.07) is 0. The van der Waals surface area contributed by atoms with Crippen molar-refractivity contribution in [1.29, 1.82) is 0 Å². The van der Waals surface area contributed by atoms with Crippen LogP contribution < -0.4 is 5.73 Å². The SMILES string of the molecule is CC(C)C[C@H](CN)CC(=O)OC[C@@H]1CCO[C@H](C)C1. The lowest BCUT2D eigenvalue weighted by molar-refractivity contribution is -0.147.